The number of rotatable bonds is 12. The lowest BCUT2D eigenvalue weighted by atomic mass is 10.1. The molecule has 0 atom stereocenters. The van der Waals surface area contributed by atoms with E-state index in [-0.39, 0.29) is 17.5 Å². The molecule has 200 valence electrons. The van der Waals surface area contributed by atoms with Crippen molar-refractivity contribution in [2.75, 3.05) is 6.54 Å². The summed E-state index contributed by atoms with van der Waals surface area (Å²) < 4.78 is 2.05. The maximum Gasteiger partial charge on any atom is 0.335 e. The lowest BCUT2D eigenvalue weighted by Gasteiger charge is -2.17. The molecule has 9 heteroatoms. The molecule has 0 aliphatic carbocycles. The molecule has 0 spiro atoms. The van der Waals surface area contributed by atoms with Crippen LogP contribution in [0.25, 0.3) is 6.08 Å². The van der Waals surface area contributed by atoms with Gasteiger partial charge in [-0.2, -0.15) is 0 Å². The van der Waals surface area contributed by atoms with E-state index in [4.69, 9.17) is 0 Å². The fraction of sp³-hybridized carbons (Fsp3) is 0.379. The Labute approximate surface area is 227 Å². The SMILES string of the molecule is CCCCc1ncc(/C=C2/C(=O)N(CCCC)C(=O)N2Cc2ccc(C)s2)n1Cc1ccc(C(=O)O)cc1. The first-order valence-electron chi connectivity index (χ1n) is 13.1. The smallest absolute Gasteiger partial charge is 0.335 e. The van der Waals surface area contributed by atoms with E-state index < -0.39 is 5.97 Å². The van der Waals surface area contributed by atoms with Gasteiger partial charge in [0, 0.05) is 29.3 Å². The lowest BCUT2D eigenvalue weighted by Crippen LogP contribution is -2.33. The molecule has 38 heavy (non-hydrogen) atoms. The van der Waals surface area contributed by atoms with Gasteiger partial charge in [0.1, 0.15) is 11.5 Å². The second-order valence-corrected chi connectivity index (χ2v) is 10.9. The molecule has 1 saturated heterocycles. The highest BCUT2D eigenvalue weighted by molar-refractivity contribution is 7.11. The maximum atomic E-state index is 13.5. The van der Waals surface area contributed by atoms with Crippen molar-refractivity contribution < 1.29 is 19.5 Å². The van der Waals surface area contributed by atoms with Crippen molar-refractivity contribution >= 4 is 35.3 Å². The van der Waals surface area contributed by atoms with E-state index >= 15 is 0 Å². The minimum atomic E-state index is -0.966. The summed E-state index contributed by atoms with van der Waals surface area (Å²) >= 11 is 1.62. The molecule has 1 aliphatic heterocycles. The van der Waals surface area contributed by atoms with Crippen LogP contribution >= 0.6 is 11.3 Å². The molecule has 0 saturated carbocycles. The average molecular weight is 535 g/mol. The first-order chi connectivity index (χ1) is 18.3. The van der Waals surface area contributed by atoms with Crippen LogP contribution in [-0.2, 0) is 24.3 Å². The third-order valence-corrected chi connectivity index (χ3v) is 7.60. The Hall–Kier alpha value is -3.72. The van der Waals surface area contributed by atoms with Crippen LogP contribution < -0.4 is 0 Å². The van der Waals surface area contributed by atoms with Crippen LogP contribution in [0.5, 0.6) is 0 Å². The van der Waals surface area contributed by atoms with Crippen LogP contribution in [-0.4, -0.2) is 48.9 Å². The van der Waals surface area contributed by atoms with Gasteiger partial charge in [-0.25, -0.2) is 14.6 Å². The van der Waals surface area contributed by atoms with Gasteiger partial charge in [0.25, 0.3) is 5.91 Å². The van der Waals surface area contributed by atoms with Crippen LogP contribution in [0.1, 0.15) is 76.7 Å². The number of aryl methyl sites for hydroxylation is 2. The van der Waals surface area contributed by atoms with E-state index in [0.29, 0.717) is 25.3 Å². The van der Waals surface area contributed by atoms with Crippen molar-refractivity contribution in [3.05, 3.63) is 80.7 Å². The molecule has 0 unspecified atom stereocenters. The Morgan fingerprint density at radius 2 is 1.74 bits per heavy atom. The Morgan fingerprint density at radius 1 is 1.00 bits per heavy atom. The van der Waals surface area contributed by atoms with Crippen molar-refractivity contribution in [3.8, 4) is 0 Å². The number of imide groups is 1. The van der Waals surface area contributed by atoms with Crippen LogP contribution in [0.3, 0.4) is 0 Å². The van der Waals surface area contributed by atoms with E-state index in [2.05, 4.69) is 16.5 Å². The molecule has 1 fully saturated rings. The van der Waals surface area contributed by atoms with Gasteiger partial charge < -0.3 is 9.67 Å². The van der Waals surface area contributed by atoms with Crippen LogP contribution in [0.2, 0.25) is 0 Å². The lowest BCUT2D eigenvalue weighted by molar-refractivity contribution is -0.123. The highest BCUT2D eigenvalue weighted by Crippen LogP contribution is 2.29. The third kappa shape index (κ3) is 6.05. The van der Waals surface area contributed by atoms with Gasteiger partial charge in [0.2, 0.25) is 0 Å². The number of nitrogens with zero attached hydrogens (tertiary/aromatic N) is 4. The minimum absolute atomic E-state index is 0.231. The summed E-state index contributed by atoms with van der Waals surface area (Å²) in [5.41, 5.74) is 2.24. The number of hydrogen-bond acceptors (Lipinski definition) is 5. The molecular weight excluding hydrogens is 500 g/mol. The second kappa shape index (κ2) is 12.2. The van der Waals surface area contributed by atoms with Gasteiger partial charge in [-0.15, -0.1) is 11.3 Å². The number of carboxylic acid groups (broad SMARTS) is 1. The van der Waals surface area contributed by atoms with Crippen molar-refractivity contribution in [2.45, 2.75) is 66.0 Å². The van der Waals surface area contributed by atoms with Gasteiger partial charge in [-0.1, -0.05) is 38.8 Å². The molecule has 8 nitrogen and oxygen atoms in total. The van der Waals surface area contributed by atoms with Gasteiger partial charge >= 0.3 is 12.0 Å². The van der Waals surface area contributed by atoms with Crippen molar-refractivity contribution in [1.29, 1.82) is 0 Å². The molecule has 4 rings (SSSR count). The largest absolute Gasteiger partial charge is 0.478 e. The van der Waals surface area contributed by atoms with E-state index in [0.717, 1.165) is 58.9 Å². The normalized spacial score (nSPS) is 14.8. The standard InChI is InChI=1S/C29H34N4O4S/c1-4-6-8-26-30-17-23(32(26)18-21-10-12-22(13-11-21)28(35)36)16-25-27(34)31(15-7-5-2)29(37)33(25)19-24-14-9-20(3)38-24/h9-14,16-17H,4-8,15,18-19H2,1-3H3,(H,35,36)/b25-16-. The molecular formula is C29H34N4O4S. The number of hydrogen-bond donors (Lipinski definition) is 1. The molecule has 0 radical (unpaired) electrons. The Balaban J connectivity index is 1.72. The molecule has 2 aromatic heterocycles. The van der Waals surface area contributed by atoms with Crippen molar-refractivity contribution in [2.24, 2.45) is 0 Å². The predicted molar refractivity (Wildman–Crippen MR) is 148 cm³/mol. The molecule has 3 amide bonds. The van der Waals surface area contributed by atoms with E-state index in [1.165, 1.54) is 4.90 Å². The van der Waals surface area contributed by atoms with Crippen LogP contribution in [0.15, 0.2) is 48.3 Å². The highest BCUT2D eigenvalue weighted by Gasteiger charge is 2.40. The highest BCUT2D eigenvalue weighted by atomic mass is 32.1. The molecule has 1 aromatic carbocycles. The fourth-order valence-electron chi connectivity index (χ4n) is 4.46. The monoisotopic (exact) mass is 534 g/mol. The van der Waals surface area contributed by atoms with Gasteiger partial charge in [-0.3, -0.25) is 14.6 Å². The summed E-state index contributed by atoms with van der Waals surface area (Å²) in [6.45, 7) is 7.39. The van der Waals surface area contributed by atoms with E-state index in [1.807, 2.05) is 26.0 Å². The Morgan fingerprint density at radius 3 is 2.37 bits per heavy atom. The zero-order valence-electron chi connectivity index (χ0n) is 22.1. The number of aromatic nitrogens is 2. The number of carboxylic acids is 1. The van der Waals surface area contributed by atoms with Crippen molar-refractivity contribution in [3.63, 3.8) is 0 Å². The Kier molecular flexibility index (Phi) is 8.78. The number of thiophene rings is 1. The van der Waals surface area contributed by atoms with Gasteiger partial charge in [0.05, 0.1) is 24.0 Å². The zero-order chi connectivity index (χ0) is 27.2. The number of amides is 3. The second-order valence-electron chi connectivity index (χ2n) is 9.51. The maximum absolute atomic E-state index is 13.5. The summed E-state index contributed by atoms with van der Waals surface area (Å²) in [6, 6.07) is 10.5. The minimum Gasteiger partial charge on any atom is -0.478 e. The first-order valence-corrected chi connectivity index (χ1v) is 13.9. The number of aromatic carboxylic acids is 1. The number of imidazole rings is 1. The average Bonchev–Trinajstić information content (AvgIpc) is 3.55. The van der Waals surface area contributed by atoms with Crippen LogP contribution in [0.4, 0.5) is 4.79 Å². The van der Waals surface area contributed by atoms with Crippen LogP contribution in [0, 0.1) is 6.92 Å². The molecule has 3 heterocycles. The number of carbonyl (C=O) groups is 3. The summed E-state index contributed by atoms with van der Waals surface area (Å²) in [5.74, 6) is -0.363. The number of unbranched alkanes of at least 4 members (excludes halogenated alkanes) is 2. The number of benzene rings is 1. The number of carbonyl (C=O) groups excluding carboxylic acids is 2. The summed E-state index contributed by atoms with van der Waals surface area (Å²) in [7, 11) is 0. The predicted octanol–water partition coefficient (Wildman–Crippen LogP) is 5.95. The third-order valence-electron chi connectivity index (χ3n) is 6.61. The van der Waals surface area contributed by atoms with Gasteiger partial charge in [-0.05, 0) is 55.7 Å². The fourth-order valence-corrected chi connectivity index (χ4v) is 5.34. The molecule has 1 N–H and O–H groups in total. The summed E-state index contributed by atoms with van der Waals surface area (Å²) in [5, 5.41) is 9.24. The first kappa shape index (κ1) is 27.3. The summed E-state index contributed by atoms with van der Waals surface area (Å²) in [4.78, 5) is 47.9. The van der Waals surface area contributed by atoms with Gasteiger partial charge in [0.15, 0.2) is 0 Å². The molecule has 1 aliphatic rings. The quantitative estimate of drug-likeness (QED) is 0.229. The van der Waals surface area contributed by atoms with E-state index in [9.17, 15) is 19.5 Å². The number of urea groups is 1. The van der Waals surface area contributed by atoms with Crippen molar-refractivity contribution in [1.82, 2.24) is 19.4 Å². The van der Waals surface area contributed by atoms with E-state index in [1.54, 1.807) is 52.8 Å². The zero-order valence-corrected chi connectivity index (χ0v) is 23.0. The molecule has 0 bridgehead atoms. The topological polar surface area (TPSA) is 95.7 Å². The Bertz CT molecular complexity index is 1340. The molecule has 3 aromatic rings. The summed E-state index contributed by atoms with van der Waals surface area (Å²) in [6.07, 6.45) is 7.93.